The highest BCUT2D eigenvalue weighted by Gasteiger charge is 2.15. The largest absolute Gasteiger partial charge is 0.271 e. The molecule has 0 bridgehead atoms. The molecule has 2 nitrogen and oxygen atoms in total. The summed E-state index contributed by atoms with van der Waals surface area (Å²) in [5.74, 6) is 5.68. The number of benzene rings is 2. The van der Waals surface area contributed by atoms with Crippen LogP contribution >= 0.6 is 43.5 Å². The summed E-state index contributed by atoms with van der Waals surface area (Å²) in [6, 6.07) is 13.8. The van der Waals surface area contributed by atoms with Gasteiger partial charge in [0, 0.05) is 14.0 Å². The maximum atomic E-state index is 6.25. The van der Waals surface area contributed by atoms with E-state index in [0.29, 0.717) is 5.02 Å². The van der Waals surface area contributed by atoms with Gasteiger partial charge in [0.15, 0.2) is 0 Å². The summed E-state index contributed by atoms with van der Waals surface area (Å²) in [4.78, 5) is 0. The molecule has 3 N–H and O–H groups in total. The van der Waals surface area contributed by atoms with E-state index in [1.54, 1.807) is 0 Å². The van der Waals surface area contributed by atoms with Crippen LogP contribution in [-0.4, -0.2) is 0 Å². The number of hydrogen-bond acceptors (Lipinski definition) is 2. The average Bonchev–Trinajstić information content (AvgIpc) is 2.41. The third-order valence-electron chi connectivity index (χ3n) is 2.92. The lowest BCUT2D eigenvalue weighted by Gasteiger charge is -2.19. The third kappa shape index (κ3) is 3.80. The lowest BCUT2D eigenvalue weighted by molar-refractivity contribution is 0.551. The van der Waals surface area contributed by atoms with Crippen LogP contribution in [0.15, 0.2) is 51.4 Å². The minimum atomic E-state index is -0.0382. The molecule has 2 rings (SSSR count). The van der Waals surface area contributed by atoms with Crippen molar-refractivity contribution >= 4 is 43.5 Å². The molecule has 100 valence electrons. The van der Waals surface area contributed by atoms with Gasteiger partial charge in [-0.3, -0.25) is 11.3 Å². The van der Waals surface area contributed by atoms with Gasteiger partial charge in [0.25, 0.3) is 0 Å². The highest BCUT2D eigenvalue weighted by atomic mass is 79.9. The van der Waals surface area contributed by atoms with E-state index in [-0.39, 0.29) is 6.04 Å². The average molecular weight is 405 g/mol. The molecule has 0 fully saturated rings. The maximum absolute atomic E-state index is 6.25. The molecule has 0 aromatic heterocycles. The van der Waals surface area contributed by atoms with Crippen LogP contribution < -0.4 is 11.3 Å². The van der Waals surface area contributed by atoms with Gasteiger partial charge in [0.1, 0.15) is 0 Å². The molecule has 1 atom stereocenters. The van der Waals surface area contributed by atoms with Gasteiger partial charge in [-0.15, -0.1) is 0 Å². The first kappa shape index (κ1) is 15.0. The molecule has 0 spiro atoms. The van der Waals surface area contributed by atoms with Crippen LogP contribution in [0.4, 0.5) is 0 Å². The van der Waals surface area contributed by atoms with E-state index in [2.05, 4.69) is 43.4 Å². The Balaban J connectivity index is 2.30. The molecule has 2 aromatic rings. The van der Waals surface area contributed by atoms with Crippen molar-refractivity contribution in [2.45, 2.75) is 12.5 Å². The Kier molecular flexibility index (Phi) is 5.42. The molecule has 0 amide bonds. The van der Waals surface area contributed by atoms with Crippen LogP contribution in [0.25, 0.3) is 0 Å². The zero-order chi connectivity index (χ0) is 13.8. The van der Waals surface area contributed by atoms with E-state index in [0.717, 1.165) is 20.9 Å². The van der Waals surface area contributed by atoms with E-state index in [9.17, 15) is 0 Å². The fourth-order valence-electron chi connectivity index (χ4n) is 1.92. The Morgan fingerprint density at radius 1 is 1.16 bits per heavy atom. The van der Waals surface area contributed by atoms with Crippen molar-refractivity contribution in [3.8, 4) is 0 Å². The minimum Gasteiger partial charge on any atom is -0.271 e. The summed E-state index contributed by atoms with van der Waals surface area (Å²) < 4.78 is 2.06. The molecule has 0 heterocycles. The van der Waals surface area contributed by atoms with Crippen LogP contribution in [0.5, 0.6) is 0 Å². The highest BCUT2D eigenvalue weighted by molar-refractivity contribution is 9.10. The smallest absolute Gasteiger partial charge is 0.0515 e. The fraction of sp³-hybridized carbons (Fsp3) is 0.143. The molecule has 19 heavy (non-hydrogen) atoms. The van der Waals surface area contributed by atoms with E-state index >= 15 is 0 Å². The van der Waals surface area contributed by atoms with Crippen LogP contribution in [0, 0.1) is 0 Å². The summed E-state index contributed by atoms with van der Waals surface area (Å²) in [6.07, 6.45) is 0.758. The molecular formula is C14H13Br2ClN2. The van der Waals surface area contributed by atoms with Crippen molar-refractivity contribution < 1.29 is 0 Å². The normalized spacial score (nSPS) is 12.4. The first-order valence-corrected chi connectivity index (χ1v) is 7.72. The number of halogens is 3. The SMILES string of the molecule is NNC(Cc1ccccc1Br)c1cc(Br)ccc1Cl. The molecule has 0 saturated carbocycles. The van der Waals surface area contributed by atoms with Gasteiger partial charge in [0.05, 0.1) is 6.04 Å². The summed E-state index contributed by atoms with van der Waals surface area (Å²) >= 11 is 13.3. The number of rotatable bonds is 4. The molecule has 1 unspecified atom stereocenters. The Morgan fingerprint density at radius 3 is 2.58 bits per heavy atom. The first-order valence-electron chi connectivity index (χ1n) is 5.76. The molecule has 0 radical (unpaired) electrons. The van der Waals surface area contributed by atoms with Crippen molar-refractivity contribution in [2.75, 3.05) is 0 Å². The highest BCUT2D eigenvalue weighted by Crippen LogP contribution is 2.30. The van der Waals surface area contributed by atoms with Gasteiger partial charge in [-0.2, -0.15) is 0 Å². The van der Waals surface area contributed by atoms with Crippen molar-refractivity contribution in [2.24, 2.45) is 5.84 Å². The molecule has 0 aliphatic carbocycles. The summed E-state index contributed by atoms with van der Waals surface area (Å²) in [7, 11) is 0. The first-order chi connectivity index (χ1) is 9.11. The van der Waals surface area contributed by atoms with Crippen molar-refractivity contribution in [3.05, 3.63) is 67.6 Å². The number of hydrazine groups is 1. The van der Waals surface area contributed by atoms with E-state index in [1.165, 1.54) is 5.56 Å². The lowest BCUT2D eigenvalue weighted by Crippen LogP contribution is -2.29. The van der Waals surface area contributed by atoms with Crippen molar-refractivity contribution in [1.82, 2.24) is 5.43 Å². The number of nitrogens with one attached hydrogen (secondary N) is 1. The molecule has 0 saturated heterocycles. The second-order valence-corrected chi connectivity index (χ2v) is 6.36. The molecular weight excluding hydrogens is 391 g/mol. The molecule has 5 heteroatoms. The second-order valence-electron chi connectivity index (χ2n) is 4.18. The Morgan fingerprint density at radius 2 is 1.89 bits per heavy atom. The minimum absolute atomic E-state index is 0.0382. The maximum Gasteiger partial charge on any atom is 0.0515 e. The van der Waals surface area contributed by atoms with Crippen LogP contribution in [0.1, 0.15) is 17.2 Å². The van der Waals surface area contributed by atoms with Crippen LogP contribution in [0.2, 0.25) is 5.02 Å². The Bertz CT molecular complexity index is 575. The molecule has 0 aliphatic rings. The topological polar surface area (TPSA) is 38.0 Å². The van der Waals surface area contributed by atoms with Gasteiger partial charge in [-0.05, 0) is 41.8 Å². The monoisotopic (exact) mass is 402 g/mol. The van der Waals surface area contributed by atoms with E-state index in [1.807, 2.05) is 36.4 Å². The van der Waals surface area contributed by atoms with Crippen LogP contribution in [0.3, 0.4) is 0 Å². The number of hydrogen-bond donors (Lipinski definition) is 2. The van der Waals surface area contributed by atoms with Gasteiger partial charge < -0.3 is 0 Å². The van der Waals surface area contributed by atoms with E-state index in [4.69, 9.17) is 17.4 Å². The van der Waals surface area contributed by atoms with Crippen LogP contribution in [-0.2, 0) is 6.42 Å². The summed E-state index contributed by atoms with van der Waals surface area (Å²) in [5, 5.41) is 0.707. The standard InChI is InChI=1S/C14H13Br2ClN2/c15-10-5-6-13(17)11(8-10)14(19-18)7-9-3-1-2-4-12(9)16/h1-6,8,14,19H,7,18H2. The number of nitrogens with two attached hydrogens (primary N) is 1. The predicted molar refractivity (Wildman–Crippen MR) is 87.1 cm³/mol. The summed E-state index contributed by atoms with van der Waals surface area (Å²) in [6.45, 7) is 0. The van der Waals surface area contributed by atoms with Gasteiger partial charge in [-0.1, -0.05) is 61.7 Å². The third-order valence-corrected chi connectivity index (χ3v) is 4.53. The van der Waals surface area contributed by atoms with E-state index < -0.39 is 0 Å². The Hall–Kier alpha value is -0.390. The zero-order valence-corrected chi connectivity index (χ0v) is 14.0. The summed E-state index contributed by atoms with van der Waals surface area (Å²) in [5.41, 5.74) is 5.00. The quantitative estimate of drug-likeness (QED) is 0.577. The van der Waals surface area contributed by atoms with Crippen molar-refractivity contribution in [3.63, 3.8) is 0 Å². The Labute approximate surface area is 134 Å². The second kappa shape index (κ2) is 6.86. The lowest BCUT2D eigenvalue weighted by atomic mass is 9.99. The van der Waals surface area contributed by atoms with Crippen molar-refractivity contribution in [1.29, 1.82) is 0 Å². The van der Waals surface area contributed by atoms with Gasteiger partial charge >= 0.3 is 0 Å². The molecule has 2 aromatic carbocycles. The van der Waals surface area contributed by atoms with Gasteiger partial charge in [0.2, 0.25) is 0 Å². The molecule has 0 aliphatic heterocycles. The zero-order valence-electron chi connectivity index (χ0n) is 10.0. The van der Waals surface area contributed by atoms with Gasteiger partial charge in [-0.25, -0.2) is 0 Å². The fourth-order valence-corrected chi connectivity index (χ4v) is 3.00. The predicted octanol–water partition coefficient (Wildman–Crippen LogP) is 4.61.